The second-order valence-electron chi connectivity index (χ2n) is 6.24. The van der Waals surface area contributed by atoms with Crippen LogP contribution in [0.3, 0.4) is 0 Å². The molecule has 0 unspecified atom stereocenters. The lowest BCUT2D eigenvalue weighted by Crippen LogP contribution is -2.88. The first kappa shape index (κ1) is 19.5. The van der Waals surface area contributed by atoms with Crippen LogP contribution in [0.2, 0.25) is 0 Å². The van der Waals surface area contributed by atoms with Crippen LogP contribution in [0.1, 0.15) is 25.5 Å². The molecule has 1 atom stereocenters. The normalized spacial score (nSPS) is 11.9. The van der Waals surface area contributed by atoms with Gasteiger partial charge in [0.25, 0.3) is 5.91 Å². The van der Waals surface area contributed by atoms with Crippen molar-refractivity contribution < 1.29 is 23.7 Å². The summed E-state index contributed by atoms with van der Waals surface area (Å²) in [7, 11) is 0. The van der Waals surface area contributed by atoms with E-state index < -0.39 is 17.8 Å². The Hall–Kier alpha value is -2.80. The van der Waals surface area contributed by atoms with E-state index in [-0.39, 0.29) is 30.0 Å². The van der Waals surface area contributed by atoms with Gasteiger partial charge in [-0.1, -0.05) is 38.1 Å². The fraction of sp³-hybridized carbons (Fsp3) is 0.263. The zero-order valence-electron chi connectivity index (χ0n) is 14.6. The van der Waals surface area contributed by atoms with Gasteiger partial charge in [0.05, 0.1) is 5.69 Å². The molecule has 0 saturated heterocycles. The summed E-state index contributed by atoms with van der Waals surface area (Å²) in [4.78, 5) is 23.8. The minimum atomic E-state index is -0.795. The molecular formula is C19H22F2N3O2+. The number of benzene rings is 2. The molecule has 3 amide bonds. The third-order valence-corrected chi connectivity index (χ3v) is 3.91. The number of nitrogens with one attached hydrogen (secondary N) is 2. The molecule has 0 aliphatic carbocycles. The van der Waals surface area contributed by atoms with E-state index in [0.717, 1.165) is 5.56 Å². The quantitative estimate of drug-likeness (QED) is 0.739. The van der Waals surface area contributed by atoms with Crippen molar-refractivity contribution in [2.24, 2.45) is 5.92 Å². The van der Waals surface area contributed by atoms with Crippen molar-refractivity contribution in [3.63, 3.8) is 0 Å². The summed E-state index contributed by atoms with van der Waals surface area (Å²) in [6.45, 7) is 3.99. The number of hydrogen-bond acceptors (Lipinski definition) is 2. The molecule has 0 aliphatic heterocycles. The lowest BCUT2D eigenvalue weighted by Gasteiger charge is -2.19. The number of amides is 3. The first-order chi connectivity index (χ1) is 12.4. The van der Waals surface area contributed by atoms with E-state index in [4.69, 9.17) is 0 Å². The number of rotatable bonds is 6. The predicted molar refractivity (Wildman–Crippen MR) is 94.3 cm³/mol. The van der Waals surface area contributed by atoms with E-state index in [1.54, 1.807) is 23.5 Å². The fourth-order valence-corrected chi connectivity index (χ4v) is 2.61. The molecule has 0 aliphatic rings. The zero-order valence-corrected chi connectivity index (χ0v) is 14.6. The molecule has 0 fully saturated rings. The van der Waals surface area contributed by atoms with Crippen LogP contribution in [0.5, 0.6) is 0 Å². The zero-order chi connectivity index (χ0) is 19.1. The molecule has 0 radical (unpaired) electrons. The van der Waals surface area contributed by atoms with Crippen LogP contribution in [0.15, 0.2) is 48.5 Å². The number of halogens is 2. The second-order valence-corrected chi connectivity index (χ2v) is 6.24. The highest BCUT2D eigenvalue weighted by Crippen LogP contribution is 2.17. The van der Waals surface area contributed by atoms with E-state index in [1.165, 1.54) is 30.3 Å². The largest absolute Gasteiger partial charge is 0.332 e. The fourth-order valence-electron chi connectivity index (χ4n) is 2.61. The van der Waals surface area contributed by atoms with Crippen LogP contribution in [0.25, 0.3) is 0 Å². The molecule has 0 bridgehead atoms. The molecule has 2 aromatic carbocycles. The third kappa shape index (κ3) is 5.63. The molecule has 7 heteroatoms. The highest BCUT2D eigenvalue weighted by molar-refractivity contribution is 6.01. The van der Waals surface area contributed by atoms with Gasteiger partial charge in [0.15, 0.2) is 6.54 Å². The molecular weight excluding hydrogens is 340 g/mol. The van der Waals surface area contributed by atoms with Gasteiger partial charge in [-0.05, 0) is 24.3 Å². The highest BCUT2D eigenvalue weighted by atomic mass is 19.1. The summed E-state index contributed by atoms with van der Waals surface area (Å²) in [5.41, 5.74) is 0.887. The number of hydrogen-bond donors (Lipinski definition) is 3. The number of anilines is 1. The SMILES string of the molecule is CC(C)[C@H]([NH2+]CC(=O)NC(=O)Nc1ccccc1F)c1ccc(F)cc1. The number of para-hydroxylation sites is 1. The standard InChI is InChI=1S/C19H21F2N3O2/c1-12(2)18(13-7-9-14(20)10-8-13)22-11-17(25)24-19(26)23-16-6-4-3-5-15(16)21/h3-10,12,18,22H,11H2,1-2H3,(H2,23,24,25,26)/p+1/t18-/m0/s1. The van der Waals surface area contributed by atoms with E-state index >= 15 is 0 Å². The first-order valence-corrected chi connectivity index (χ1v) is 8.31. The Labute approximate surface area is 150 Å². The van der Waals surface area contributed by atoms with Gasteiger partial charge in [-0.2, -0.15) is 0 Å². The molecule has 0 spiro atoms. The second kappa shape index (κ2) is 9.05. The van der Waals surface area contributed by atoms with Gasteiger partial charge in [-0.25, -0.2) is 13.6 Å². The van der Waals surface area contributed by atoms with Gasteiger partial charge in [-0.3, -0.25) is 10.1 Å². The van der Waals surface area contributed by atoms with Gasteiger partial charge < -0.3 is 10.6 Å². The number of carbonyl (C=O) groups excluding carboxylic acids is 2. The van der Waals surface area contributed by atoms with Crippen LogP contribution in [-0.2, 0) is 4.79 Å². The lowest BCUT2D eigenvalue weighted by molar-refractivity contribution is -0.692. The molecule has 0 heterocycles. The molecule has 138 valence electrons. The molecule has 2 rings (SSSR count). The van der Waals surface area contributed by atoms with Crippen molar-refractivity contribution in [2.75, 3.05) is 11.9 Å². The molecule has 0 aromatic heterocycles. The smallest absolute Gasteiger partial charge is 0.326 e. The molecule has 26 heavy (non-hydrogen) atoms. The Bertz CT molecular complexity index is 764. The summed E-state index contributed by atoms with van der Waals surface area (Å²) in [5, 5.41) is 6.23. The van der Waals surface area contributed by atoms with E-state index in [9.17, 15) is 18.4 Å². The van der Waals surface area contributed by atoms with Crippen LogP contribution >= 0.6 is 0 Å². The van der Waals surface area contributed by atoms with Crippen LogP contribution in [0, 0.1) is 17.6 Å². The summed E-state index contributed by atoms with van der Waals surface area (Å²) in [5.74, 6) is -1.22. The monoisotopic (exact) mass is 362 g/mol. The Morgan fingerprint density at radius 2 is 1.69 bits per heavy atom. The topological polar surface area (TPSA) is 74.8 Å². The summed E-state index contributed by atoms with van der Waals surface area (Å²) in [6.07, 6.45) is 0. The summed E-state index contributed by atoms with van der Waals surface area (Å²) >= 11 is 0. The van der Waals surface area contributed by atoms with E-state index in [2.05, 4.69) is 10.6 Å². The number of carbonyl (C=O) groups is 2. The molecule has 2 aromatic rings. The number of urea groups is 1. The highest BCUT2D eigenvalue weighted by Gasteiger charge is 2.21. The van der Waals surface area contributed by atoms with E-state index in [1.807, 2.05) is 13.8 Å². The Balaban J connectivity index is 1.89. The summed E-state index contributed by atoms with van der Waals surface area (Å²) < 4.78 is 26.6. The van der Waals surface area contributed by atoms with Crippen LogP contribution in [0.4, 0.5) is 19.3 Å². The van der Waals surface area contributed by atoms with Crippen LogP contribution < -0.4 is 16.0 Å². The molecule has 0 saturated carbocycles. The summed E-state index contributed by atoms with van der Waals surface area (Å²) in [6, 6.07) is 10.9. The van der Waals surface area contributed by atoms with Crippen molar-refractivity contribution in [3.05, 3.63) is 65.7 Å². The van der Waals surface area contributed by atoms with Gasteiger partial charge in [0.2, 0.25) is 0 Å². The Kier molecular flexibility index (Phi) is 6.80. The predicted octanol–water partition coefficient (Wildman–Crippen LogP) is 2.57. The van der Waals surface area contributed by atoms with Crippen molar-refractivity contribution in [1.29, 1.82) is 0 Å². The minimum Gasteiger partial charge on any atom is -0.332 e. The van der Waals surface area contributed by atoms with Gasteiger partial charge in [0.1, 0.15) is 17.7 Å². The van der Waals surface area contributed by atoms with Gasteiger partial charge in [-0.15, -0.1) is 0 Å². The number of quaternary nitrogens is 1. The average Bonchev–Trinajstić information content (AvgIpc) is 2.58. The van der Waals surface area contributed by atoms with E-state index in [0.29, 0.717) is 0 Å². The van der Waals surface area contributed by atoms with Gasteiger partial charge in [0, 0.05) is 11.5 Å². The average molecular weight is 362 g/mol. The molecule has 4 N–H and O–H groups in total. The number of imide groups is 1. The van der Waals surface area contributed by atoms with Crippen molar-refractivity contribution in [2.45, 2.75) is 19.9 Å². The minimum absolute atomic E-state index is 0.00488. The maximum absolute atomic E-state index is 13.5. The van der Waals surface area contributed by atoms with Crippen molar-refractivity contribution >= 4 is 17.6 Å². The maximum Gasteiger partial charge on any atom is 0.326 e. The molecule has 5 nitrogen and oxygen atoms in total. The number of nitrogens with two attached hydrogens (primary N) is 1. The Morgan fingerprint density at radius 3 is 2.31 bits per heavy atom. The lowest BCUT2D eigenvalue weighted by atomic mass is 9.96. The maximum atomic E-state index is 13.5. The Morgan fingerprint density at radius 1 is 1.04 bits per heavy atom. The van der Waals surface area contributed by atoms with Crippen molar-refractivity contribution in [3.8, 4) is 0 Å². The van der Waals surface area contributed by atoms with Crippen LogP contribution in [-0.4, -0.2) is 18.5 Å². The third-order valence-electron chi connectivity index (χ3n) is 3.91. The van der Waals surface area contributed by atoms with Gasteiger partial charge >= 0.3 is 6.03 Å². The van der Waals surface area contributed by atoms with Crippen molar-refractivity contribution in [1.82, 2.24) is 5.32 Å². The first-order valence-electron chi connectivity index (χ1n) is 8.31.